The summed E-state index contributed by atoms with van der Waals surface area (Å²) in [6.45, 7) is 3.48. The summed E-state index contributed by atoms with van der Waals surface area (Å²) in [5.41, 5.74) is 1.60. The molecule has 0 spiro atoms. The summed E-state index contributed by atoms with van der Waals surface area (Å²) in [6, 6.07) is 16.4. The predicted molar refractivity (Wildman–Crippen MR) is 116 cm³/mol. The fraction of sp³-hybridized carbons (Fsp3) is 0.286. The van der Waals surface area contributed by atoms with Crippen molar-refractivity contribution in [2.45, 2.75) is 32.4 Å². The van der Waals surface area contributed by atoms with Crippen LogP contribution in [-0.2, 0) is 9.59 Å². The molecular formula is C21H22ClN3O2S. The number of hydrogen-bond donors (Lipinski definition) is 1. The highest BCUT2D eigenvalue weighted by atomic mass is 35.5. The lowest BCUT2D eigenvalue weighted by Crippen LogP contribution is -2.38. The van der Waals surface area contributed by atoms with Crippen LogP contribution in [0, 0.1) is 0 Å². The number of carbonyl (C=O) groups excluding carboxylic acids is 2. The van der Waals surface area contributed by atoms with Gasteiger partial charge >= 0.3 is 0 Å². The van der Waals surface area contributed by atoms with E-state index in [1.807, 2.05) is 49.4 Å². The summed E-state index contributed by atoms with van der Waals surface area (Å²) >= 11 is 7.57. The average molecular weight is 416 g/mol. The van der Waals surface area contributed by atoms with E-state index in [1.165, 1.54) is 6.92 Å². The van der Waals surface area contributed by atoms with Gasteiger partial charge in [0.25, 0.3) is 0 Å². The molecule has 2 aromatic rings. The normalized spacial score (nSPS) is 17.0. The number of amides is 2. The van der Waals surface area contributed by atoms with Crippen LogP contribution in [0.25, 0.3) is 0 Å². The number of benzene rings is 2. The fourth-order valence-electron chi connectivity index (χ4n) is 2.98. The Balaban J connectivity index is 1.90. The maximum atomic E-state index is 13.3. The summed E-state index contributed by atoms with van der Waals surface area (Å²) in [4.78, 5) is 31.3. The zero-order chi connectivity index (χ0) is 20.1. The molecule has 0 saturated carbocycles. The van der Waals surface area contributed by atoms with E-state index in [9.17, 15) is 9.59 Å². The maximum absolute atomic E-state index is 13.3. The number of nitrogens with one attached hydrogen (secondary N) is 1. The second-order valence-electron chi connectivity index (χ2n) is 6.65. The van der Waals surface area contributed by atoms with Crippen molar-refractivity contribution in [3.05, 3.63) is 65.2 Å². The number of carbonyl (C=O) groups is 2. The zero-order valence-corrected chi connectivity index (χ0v) is 17.3. The minimum absolute atomic E-state index is 0.125. The molecule has 1 aliphatic rings. The Labute approximate surface area is 174 Å². The van der Waals surface area contributed by atoms with Gasteiger partial charge in [-0.3, -0.25) is 19.5 Å². The van der Waals surface area contributed by atoms with Crippen LogP contribution < -0.4 is 10.2 Å². The number of thioether (sulfide) groups is 1. The van der Waals surface area contributed by atoms with Crippen LogP contribution >= 0.6 is 23.4 Å². The van der Waals surface area contributed by atoms with E-state index in [2.05, 4.69) is 10.3 Å². The van der Waals surface area contributed by atoms with Crippen LogP contribution in [0.1, 0.15) is 31.9 Å². The number of aliphatic imine (C=N–C) groups is 1. The smallest absolute Gasteiger partial charge is 0.235 e. The molecular weight excluding hydrogens is 394 g/mol. The van der Waals surface area contributed by atoms with Crippen LogP contribution in [0.2, 0.25) is 5.02 Å². The van der Waals surface area contributed by atoms with Gasteiger partial charge in [-0.15, -0.1) is 0 Å². The first kappa shape index (κ1) is 20.4. The Hall–Kier alpha value is -2.31. The molecule has 2 aromatic carbocycles. The second kappa shape index (κ2) is 9.26. The van der Waals surface area contributed by atoms with E-state index in [0.29, 0.717) is 15.9 Å². The van der Waals surface area contributed by atoms with Crippen molar-refractivity contribution in [3.8, 4) is 0 Å². The molecule has 0 aromatic heterocycles. The molecule has 0 aliphatic carbocycles. The molecule has 3 rings (SSSR count). The Morgan fingerprint density at radius 2 is 1.89 bits per heavy atom. The first-order valence-corrected chi connectivity index (χ1v) is 10.4. The highest BCUT2D eigenvalue weighted by Crippen LogP contribution is 2.29. The maximum Gasteiger partial charge on any atom is 0.235 e. The molecule has 2 atom stereocenters. The second-order valence-corrected chi connectivity index (χ2v) is 8.07. The van der Waals surface area contributed by atoms with Crippen molar-refractivity contribution in [3.63, 3.8) is 0 Å². The topological polar surface area (TPSA) is 61.8 Å². The van der Waals surface area contributed by atoms with E-state index in [0.717, 1.165) is 11.3 Å². The van der Waals surface area contributed by atoms with Crippen molar-refractivity contribution in [2.24, 2.45) is 4.99 Å². The van der Waals surface area contributed by atoms with E-state index in [-0.39, 0.29) is 24.3 Å². The van der Waals surface area contributed by atoms with Gasteiger partial charge in [0.15, 0.2) is 5.17 Å². The predicted octanol–water partition coefficient (Wildman–Crippen LogP) is 4.43. The van der Waals surface area contributed by atoms with Gasteiger partial charge in [0.05, 0.1) is 24.2 Å². The molecule has 2 amide bonds. The van der Waals surface area contributed by atoms with E-state index >= 15 is 0 Å². The molecule has 28 heavy (non-hydrogen) atoms. The van der Waals surface area contributed by atoms with Gasteiger partial charge < -0.3 is 5.32 Å². The third-order valence-electron chi connectivity index (χ3n) is 4.27. The van der Waals surface area contributed by atoms with E-state index in [4.69, 9.17) is 11.6 Å². The molecule has 146 valence electrons. The van der Waals surface area contributed by atoms with Crippen LogP contribution in [-0.4, -0.2) is 28.8 Å². The first-order valence-electron chi connectivity index (χ1n) is 9.05. The average Bonchev–Trinajstić information content (AvgIpc) is 3.09. The molecule has 0 bridgehead atoms. The SMILES string of the molecule is CC(=O)NC(CC(=O)N(C1=NC(C)CS1)c1ccc(Cl)cc1)c1ccccc1. The minimum atomic E-state index is -0.412. The lowest BCUT2D eigenvalue weighted by molar-refractivity contribution is -0.121. The number of anilines is 1. The molecule has 0 saturated heterocycles. The lowest BCUT2D eigenvalue weighted by Gasteiger charge is -2.25. The van der Waals surface area contributed by atoms with Crippen LogP contribution in [0.3, 0.4) is 0 Å². The van der Waals surface area contributed by atoms with Gasteiger partial charge in [-0.2, -0.15) is 0 Å². The zero-order valence-electron chi connectivity index (χ0n) is 15.8. The monoisotopic (exact) mass is 415 g/mol. The van der Waals surface area contributed by atoms with Crippen molar-refractivity contribution >= 4 is 46.0 Å². The van der Waals surface area contributed by atoms with Gasteiger partial charge in [-0.05, 0) is 36.8 Å². The molecule has 2 unspecified atom stereocenters. The summed E-state index contributed by atoms with van der Waals surface area (Å²) in [7, 11) is 0. The molecule has 1 aliphatic heterocycles. The van der Waals surface area contributed by atoms with Gasteiger partial charge in [-0.1, -0.05) is 53.7 Å². The highest BCUT2D eigenvalue weighted by molar-refractivity contribution is 8.14. The molecule has 1 heterocycles. The fourth-order valence-corrected chi connectivity index (χ4v) is 4.16. The molecule has 1 N–H and O–H groups in total. The number of rotatable bonds is 5. The van der Waals surface area contributed by atoms with Crippen molar-refractivity contribution in [2.75, 3.05) is 10.7 Å². The third-order valence-corrected chi connectivity index (χ3v) is 5.72. The van der Waals surface area contributed by atoms with Crippen LogP contribution in [0.5, 0.6) is 0 Å². The van der Waals surface area contributed by atoms with Gasteiger partial charge in [0.2, 0.25) is 11.8 Å². The number of hydrogen-bond acceptors (Lipinski definition) is 4. The quantitative estimate of drug-likeness (QED) is 0.785. The van der Waals surface area contributed by atoms with Crippen LogP contribution in [0.4, 0.5) is 5.69 Å². The van der Waals surface area contributed by atoms with Crippen LogP contribution in [0.15, 0.2) is 59.6 Å². The number of halogens is 1. The largest absolute Gasteiger partial charge is 0.349 e. The lowest BCUT2D eigenvalue weighted by atomic mass is 10.0. The van der Waals surface area contributed by atoms with Crippen molar-refractivity contribution in [1.29, 1.82) is 0 Å². The Morgan fingerprint density at radius 1 is 1.21 bits per heavy atom. The summed E-state index contributed by atoms with van der Waals surface area (Å²) in [5.74, 6) is 0.520. The van der Waals surface area contributed by atoms with E-state index < -0.39 is 6.04 Å². The molecule has 0 fully saturated rings. The Bertz CT molecular complexity index is 871. The summed E-state index contributed by atoms with van der Waals surface area (Å²) in [6.07, 6.45) is 0.125. The minimum Gasteiger partial charge on any atom is -0.349 e. The van der Waals surface area contributed by atoms with E-state index in [1.54, 1.807) is 28.8 Å². The molecule has 7 heteroatoms. The Morgan fingerprint density at radius 3 is 2.46 bits per heavy atom. The molecule has 0 radical (unpaired) electrons. The number of amidine groups is 1. The van der Waals surface area contributed by atoms with Gasteiger partial charge in [0.1, 0.15) is 0 Å². The highest BCUT2D eigenvalue weighted by Gasteiger charge is 2.29. The number of nitrogens with zero attached hydrogens (tertiary/aromatic N) is 2. The Kier molecular flexibility index (Phi) is 6.75. The van der Waals surface area contributed by atoms with Crippen molar-refractivity contribution < 1.29 is 9.59 Å². The van der Waals surface area contributed by atoms with Gasteiger partial charge in [-0.25, -0.2) is 0 Å². The van der Waals surface area contributed by atoms with Gasteiger partial charge in [0, 0.05) is 17.7 Å². The first-order chi connectivity index (χ1) is 13.4. The van der Waals surface area contributed by atoms with Crippen molar-refractivity contribution in [1.82, 2.24) is 5.32 Å². The standard InChI is InChI=1S/C21H22ClN3O2S/c1-14-13-28-21(23-14)25(18-10-8-17(22)9-11-18)20(27)12-19(24-15(2)26)16-6-4-3-5-7-16/h3-11,14,19H,12-13H2,1-2H3,(H,24,26). The summed E-state index contributed by atoms with van der Waals surface area (Å²) in [5, 5.41) is 4.17. The third kappa shape index (κ3) is 5.14. The summed E-state index contributed by atoms with van der Waals surface area (Å²) < 4.78 is 0. The molecule has 5 nitrogen and oxygen atoms in total.